The van der Waals surface area contributed by atoms with Gasteiger partial charge in [0.25, 0.3) is 0 Å². The molecule has 0 bridgehead atoms. The van der Waals surface area contributed by atoms with Gasteiger partial charge >= 0.3 is 0 Å². The molecule has 0 spiro atoms. The van der Waals surface area contributed by atoms with Crippen molar-refractivity contribution < 1.29 is 0 Å². The molecule has 0 saturated heterocycles. The lowest BCUT2D eigenvalue weighted by Crippen LogP contribution is -2.04. The molecule has 2 nitrogen and oxygen atoms in total. The molecular formula is C15H12Br2ClIN2. The largest absolute Gasteiger partial charge is 0.232 e. The van der Waals surface area contributed by atoms with Crippen LogP contribution in [0.25, 0.3) is 11.4 Å². The van der Waals surface area contributed by atoms with E-state index >= 15 is 0 Å². The Kier molecular flexibility index (Phi) is 5.23. The minimum atomic E-state index is 0.523. The highest BCUT2D eigenvalue weighted by Crippen LogP contribution is 2.38. The van der Waals surface area contributed by atoms with E-state index in [0.717, 1.165) is 23.8 Å². The van der Waals surface area contributed by atoms with Crippen LogP contribution in [0.3, 0.4) is 0 Å². The van der Waals surface area contributed by atoms with Crippen molar-refractivity contribution >= 4 is 66.1 Å². The standard InChI is InChI=1S/C15H12Br2ClIN2/c16-10-6-5-9(7-11(10)17)15-20-13(8-3-1-2-4-8)12(19)14(18)21-15/h5-8H,1-4H2. The maximum absolute atomic E-state index is 6.34. The summed E-state index contributed by atoms with van der Waals surface area (Å²) in [6.07, 6.45) is 4.96. The molecule has 1 aromatic heterocycles. The average molecular weight is 542 g/mol. The van der Waals surface area contributed by atoms with Gasteiger partial charge in [-0.15, -0.1) is 0 Å². The molecule has 0 amide bonds. The third-order valence-corrected chi connectivity index (χ3v) is 7.29. The number of rotatable bonds is 2. The van der Waals surface area contributed by atoms with Crippen LogP contribution in [0.4, 0.5) is 0 Å². The minimum Gasteiger partial charge on any atom is -0.232 e. The molecule has 0 atom stereocenters. The zero-order valence-electron chi connectivity index (χ0n) is 11.0. The fraction of sp³-hybridized carbons (Fsp3) is 0.333. The lowest BCUT2D eigenvalue weighted by molar-refractivity contribution is 0.690. The molecule has 0 radical (unpaired) electrons. The summed E-state index contributed by atoms with van der Waals surface area (Å²) in [5, 5.41) is 0.557. The fourth-order valence-corrected chi connectivity index (χ4v) is 4.15. The molecule has 110 valence electrons. The first-order valence-corrected chi connectivity index (χ1v) is 9.79. The summed E-state index contributed by atoms with van der Waals surface area (Å²) in [6.45, 7) is 0. The van der Waals surface area contributed by atoms with Gasteiger partial charge in [-0.25, -0.2) is 9.97 Å². The van der Waals surface area contributed by atoms with Crippen molar-refractivity contribution in [2.75, 3.05) is 0 Å². The second-order valence-corrected chi connectivity index (χ2v) is 8.29. The van der Waals surface area contributed by atoms with Crippen LogP contribution in [0.15, 0.2) is 27.1 Å². The van der Waals surface area contributed by atoms with Crippen LogP contribution in [0, 0.1) is 3.57 Å². The third kappa shape index (κ3) is 3.46. The van der Waals surface area contributed by atoms with Crippen LogP contribution in [-0.4, -0.2) is 9.97 Å². The van der Waals surface area contributed by atoms with Gasteiger partial charge in [0.1, 0.15) is 5.15 Å². The van der Waals surface area contributed by atoms with Crippen LogP contribution in [0.2, 0.25) is 5.15 Å². The zero-order valence-corrected chi connectivity index (χ0v) is 17.1. The molecule has 3 rings (SSSR count). The molecule has 1 fully saturated rings. The molecule has 1 heterocycles. The van der Waals surface area contributed by atoms with E-state index < -0.39 is 0 Å². The van der Waals surface area contributed by atoms with Crippen LogP contribution in [-0.2, 0) is 0 Å². The zero-order chi connectivity index (χ0) is 15.0. The highest BCUT2D eigenvalue weighted by Gasteiger charge is 2.23. The van der Waals surface area contributed by atoms with Crippen LogP contribution in [0.5, 0.6) is 0 Å². The van der Waals surface area contributed by atoms with Gasteiger partial charge in [-0.3, -0.25) is 0 Å². The Morgan fingerprint density at radius 2 is 1.81 bits per heavy atom. The topological polar surface area (TPSA) is 25.8 Å². The van der Waals surface area contributed by atoms with Crippen LogP contribution >= 0.6 is 66.1 Å². The molecule has 1 aromatic carbocycles. The number of halogens is 4. The predicted octanol–water partition coefficient (Wildman–Crippen LogP) is 6.58. The van der Waals surface area contributed by atoms with E-state index in [0.29, 0.717) is 16.9 Å². The van der Waals surface area contributed by atoms with Gasteiger partial charge in [0.2, 0.25) is 0 Å². The van der Waals surface area contributed by atoms with Crippen LogP contribution in [0.1, 0.15) is 37.3 Å². The fourth-order valence-electron chi connectivity index (χ4n) is 2.67. The number of nitrogens with zero attached hydrogens (tertiary/aromatic N) is 2. The summed E-state index contributed by atoms with van der Waals surface area (Å²) < 4.78 is 3.00. The van der Waals surface area contributed by atoms with Crippen molar-refractivity contribution in [2.45, 2.75) is 31.6 Å². The van der Waals surface area contributed by atoms with Gasteiger partial charge in [0.05, 0.1) is 9.26 Å². The second-order valence-electron chi connectivity index (χ2n) is 5.15. The lowest BCUT2D eigenvalue weighted by atomic mass is 10.0. The Morgan fingerprint density at radius 3 is 2.48 bits per heavy atom. The van der Waals surface area contributed by atoms with Gasteiger partial charge in [-0.05, 0) is 85.5 Å². The van der Waals surface area contributed by atoms with Crippen molar-refractivity contribution in [3.8, 4) is 11.4 Å². The van der Waals surface area contributed by atoms with E-state index in [1.54, 1.807) is 0 Å². The first-order valence-electron chi connectivity index (χ1n) is 6.74. The second kappa shape index (κ2) is 6.81. The quantitative estimate of drug-likeness (QED) is 0.317. The van der Waals surface area contributed by atoms with E-state index in [4.69, 9.17) is 16.6 Å². The summed E-state index contributed by atoms with van der Waals surface area (Å²) in [6, 6.07) is 6.01. The van der Waals surface area contributed by atoms with E-state index in [1.165, 1.54) is 25.7 Å². The first-order chi connectivity index (χ1) is 10.1. The minimum absolute atomic E-state index is 0.523. The molecule has 0 unspecified atom stereocenters. The van der Waals surface area contributed by atoms with E-state index in [1.807, 2.05) is 18.2 Å². The number of hydrogen-bond acceptors (Lipinski definition) is 2. The molecule has 0 N–H and O–H groups in total. The first kappa shape index (κ1) is 16.1. The maximum Gasteiger partial charge on any atom is 0.161 e. The third-order valence-electron chi connectivity index (χ3n) is 3.76. The highest BCUT2D eigenvalue weighted by molar-refractivity contribution is 14.1. The van der Waals surface area contributed by atoms with Gasteiger partial charge in [-0.1, -0.05) is 24.4 Å². The van der Waals surface area contributed by atoms with Gasteiger partial charge in [-0.2, -0.15) is 0 Å². The normalized spacial score (nSPS) is 15.6. The van der Waals surface area contributed by atoms with Gasteiger partial charge in [0, 0.05) is 20.4 Å². The van der Waals surface area contributed by atoms with E-state index in [2.05, 4.69) is 59.4 Å². The van der Waals surface area contributed by atoms with Gasteiger partial charge in [0.15, 0.2) is 5.82 Å². The Morgan fingerprint density at radius 1 is 1.10 bits per heavy atom. The summed E-state index contributed by atoms with van der Waals surface area (Å²) in [4.78, 5) is 9.27. The van der Waals surface area contributed by atoms with Crippen molar-refractivity contribution in [3.05, 3.63) is 41.6 Å². The Labute approximate surface area is 159 Å². The number of hydrogen-bond donors (Lipinski definition) is 0. The summed E-state index contributed by atoms with van der Waals surface area (Å²) in [7, 11) is 0. The van der Waals surface area contributed by atoms with E-state index in [-0.39, 0.29) is 0 Å². The Bertz CT molecular complexity index is 688. The van der Waals surface area contributed by atoms with Crippen molar-refractivity contribution in [1.82, 2.24) is 9.97 Å². The van der Waals surface area contributed by atoms with E-state index in [9.17, 15) is 0 Å². The molecule has 2 aromatic rings. The molecule has 1 aliphatic carbocycles. The lowest BCUT2D eigenvalue weighted by Gasteiger charge is -2.13. The number of benzene rings is 1. The summed E-state index contributed by atoms with van der Waals surface area (Å²) in [5.41, 5.74) is 2.09. The highest BCUT2D eigenvalue weighted by atomic mass is 127. The Hall–Kier alpha value is 0.280. The molecular weight excluding hydrogens is 530 g/mol. The van der Waals surface area contributed by atoms with Gasteiger partial charge < -0.3 is 0 Å². The monoisotopic (exact) mass is 540 g/mol. The smallest absolute Gasteiger partial charge is 0.161 e. The SMILES string of the molecule is Clc1nc(-c2ccc(Br)c(Br)c2)nc(C2CCCC2)c1I. The van der Waals surface area contributed by atoms with Crippen LogP contribution < -0.4 is 0 Å². The maximum atomic E-state index is 6.34. The molecule has 1 aliphatic rings. The molecule has 21 heavy (non-hydrogen) atoms. The number of aromatic nitrogens is 2. The van der Waals surface area contributed by atoms with Crippen molar-refractivity contribution in [3.63, 3.8) is 0 Å². The molecule has 0 aliphatic heterocycles. The predicted molar refractivity (Wildman–Crippen MR) is 102 cm³/mol. The van der Waals surface area contributed by atoms with Crippen molar-refractivity contribution in [2.24, 2.45) is 0 Å². The Balaban J connectivity index is 2.08. The molecule has 6 heteroatoms. The average Bonchev–Trinajstić information content (AvgIpc) is 2.98. The summed E-state index contributed by atoms with van der Waals surface area (Å²) >= 11 is 15.6. The summed E-state index contributed by atoms with van der Waals surface area (Å²) in [5.74, 6) is 1.23. The van der Waals surface area contributed by atoms with Crippen molar-refractivity contribution in [1.29, 1.82) is 0 Å². The molecule has 1 saturated carbocycles.